The molecule has 0 aromatic heterocycles. The summed E-state index contributed by atoms with van der Waals surface area (Å²) in [4.78, 5) is 27.2. The summed E-state index contributed by atoms with van der Waals surface area (Å²) in [5, 5.41) is 2.97. The molecule has 4 heteroatoms. The third-order valence-corrected chi connectivity index (χ3v) is 4.98. The molecule has 1 unspecified atom stereocenters. The molecule has 0 radical (unpaired) electrons. The first-order valence-corrected chi connectivity index (χ1v) is 7.88. The summed E-state index contributed by atoms with van der Waals surface area (Å²) >= 11 is 0. The molecule has 1 fully saturated rings. The van der Waals surface area contributed by atoms with Crippen LogP contribution in [0.15, 0.2) is 48.5 Å². The number of rotatable bonds is 1. The molecular formula is C19H18N2O2. The average Bonchev–Trinajstić information content (AvgIpc) is 2.53. The normalized spacial score (nSPS) is 22.3. The van der Waals surface area contributed by atoms with Crippen molar-refractivity contribution in [3.05, 3.63) is 65.2 Å². The van der Waals surface area contributed by atoms with Crippen LogP contribution in [-0.4, -0.2) is 28.8 Å². The van der Waals surface area contributed by atoms with Gasteiger partial charge in [-0.2, -0.15) is 0 Å². The number of nitrogens with zero attached hydrogens (tertiary/aromatic N) is 1. The molecule has 0 bridgehead atoms. The third-order valence-electron chi connectivity index (χ3n) is 4.98. The second kappa shape index (κ2) is 4.95. The highest BCUT2D eigenvalue weighted by Crippen LogP contribution is 2.41. The average molecular weight is 306 g/mol. The lowest BCUT2D eigenvalue weighted by molar-refractivity contribution is -0.134. The minimum atomic E-state index is -0.726. The van der Waals surface area contributed by atoms with Crippen LogP contribution in [0, 0.1) is 6.92 Å². The fourth-order valence-corrected chi connectivity index (χ4v) is 3.49. The second-order valence-corrected chi connectivity index (χ2v) is 6.39. The van der Waals surface area contributed by atoms with Crippen molar-refractivity contribution in [2.75, 3.05) is 11.9 Å². The van der Waals surface area contributed by atoms with E-state index in [1.807, 2.05) is 55.5 Å². The molecule has 1 atom stereocenters. The highest BCUT2D eigenvalue weighted by atomic mass is 16.2. The molecule has 2 amide bonds. The van der Waals surface area contributed by atoms with Gasteiger partial charge in [-0.15, -0.1) is 0 Å². The van der Waals surface area contributed by atoms with Gasteiger partial charge in [0.2, 0.25) is 0 Å². The molecule has 0 aliphatic carbocycles. The molecule has 2 aromatic carbocycles. The minimum absolute atomic E-state index is 0.0641. The largest absolute Gasteiger partial charge is 0.324 e. The lowest BCUT2D eigenvalue weighted by Crippen LogP contribution is -2.70. The predicted octanol–water partition coefficient (Wildman–Crippen LogP) is 2.77. The smallest absolute Gasteiger partial charge is 0.254 e. The predicted molar refractivity (Wildman–Crippen MR) is 88.3 cm³/mol. The molecule has 2 aliphatic heterocycles. The van der Waals surface area contributed by atoms with Crippen LogP contribution >= 0.6 is 0 Å². The standard InChI is InChI=1S/C19H18N2O2/c1-13-6-8-14(9-7-13)17(22)21-11-10-19(21)12-15-4-2-3-5-16(15)20-18(19)23/h2-9H,10-12H2,1H3,(H,20,23). The maximum absolute atomic E-state index is 12.8. The fourth-order valence-electron chi connectivity index (χ4n) is 3.49. The number of carbonyl (C=O) groups excluding carboxylic acids is 2. The van der Waals surface area contributed by atoms with Gasteiger partial charge in [-0.3, -0.25) is 9.59 Å². The van der Waals surface area contributed by atoms with E-state index in [1.165, 1.54) is 0 Å². The molecule has 4 nitrogen and oxygen atoms in total. The highest BCUT2D eigenvalue weighted by Gasteiger charge is 2.55. The van der Waals surface area contributed by atoms with E-state index in [2.05, 4.69) is 5.32 Å². The number of para-hydroxylation sites is 1. The second-order valence-electron chi connectivity index (χ2n) is 6.39. The SMILES string of the molecule is Cc1ccc(C(=O)N2CCC23Cc2ccccc2NC3=O)cc1. The Kier molecular flexibility index (Phi) is 3.01. The van der Waals surface area contributed by atoms with Crippen molar-refractivity contribution in [3.8, 4) is 0 Å². The van der Waals surface area contributed by atoms with E-state index >= 15 is 0 Å². The lowest BCUT2D eigenvalue weighted by atomic mass is 9.75. The first kappa shape index (κ1) is 14.0. The van der Waals surface area contributed by atoms with Gasteiger partial charge in [0.15, 0.2) is 0 Å². The van der Waals surface area contributed by atoms with Gasteiger partial charge in [0.25, 0.3) is 11.8 Å². The van der Waals surface area contributed by atoms with Crippen LogP contribution in [0.3, 0.4) is 0 Å². The van der Waals surface area contributed by atoms with Gasteiger partial charge < -0.3 is 10.2 Å². The Labute approximate surface area is 135 Å². The number of benzene rings is 2. The number of hydrogen-bond acceptors (Lipinski definition) is 2. The van der Waals surface area contributed by atoms with Crippen LogP contribution in [0.1, 0.15) is 27.9 Å². The van der Waals surface area contributed by atoms with Gasteiger partial charge >= 0.3 is 0 Å². The van der Waals surface area contributed by atoms with Crippen LogP contribution < -0.4 is 5.32 Å². The Hall–Kier alpha value is -2.62. The summed E-state index contributed by atoms with van der Waals surface area (Å²) < 4.78 is 0. The van der Waals surface area contributed by atoms with E-state index in [9.17, 15) is 9.59 Å². The number of likely N-dealkylation sites (tertiary alicyclic amines) is 1. The van der Waals surface area contributed by atoms with E-state index < -0.39 is 5.54 Å². The zero-order chi connectivity index (χ0) is 16.0. The molecule has 23 heavy (non-hydrogen) atoms. The van der Waals surface area contributed by atoms with Gasteiger partial charge in [0.1, 0.15) is 5.54 Å². The van der Waals surface area contributed by atoms with Crippen molar-refractivity contribution < 1.29 is 9.59 Å². The van der Waals surface area contributed by atoms with E-state index in [0.29, 0.717) is 24.9 Å². The quantitative estimate of drug-likeness (QED) is 0.881. The topological polar surface area (TPSA) is 49.4 Å². The molecule has 1 N–H and O–H groups in total. The summed E-state index contributed by atoms with van der Waals surface area (Å²) in [5.74, 6) is -0.131. The summed E-state index contributed by atoms with van der Waals surface area (Å²) in [5.41, 5.74) is 2.98. The van der Waals surface area contributed by atoms with E-state index in [4.69, 9.17) is 0 Å². The van der Waals surface area contributed by atoms with Crippen molar-refractivity contribution in [1.82, 2.24) is 4.90 Å². The van der Waals surface area contributed by atoms with Crippen molar-refractivity contribution in [2.45, 2.75) is 25.3 Å². The van der Waals surface area contributed by atoms with Crippen molar-refractivity contribution >= 4 is 17.5 Å². The van der Waals surface area contributed by atoms with E-state index in [1.54, 1.807) is 4.90 Å². The van der Waals surface area contributed by atoms with Crippen LogP contribution in [0.5, 0.6) is 0 Å². The van der Waals surface area contributed by atoms with Crippen LogP contribution in [-0.2, 0) is 11.2 Å². The first-order valence-electron chi connectivity index (χ1n) is 7.88. The monoisotopic (exact) mass is 306 g/mol. The first-order chi connectivity index (χ1) is 11.1. The van der Waals surface area contributed by atoms with Crippen LogP contribution in [0.25, 0.3) is 0 Å². The number of carbonyl (C=O) groups is 2. The number of fused-ring (bicyclic) bond motifs is 1. The Morgan fingerprint density at radius 1 is 1.13 bits per heavy atom. The molecule has 1 saturated heterocycles. The number of amides is 2. The van der Waals surface area contributed by atoms with E-state index in [0.717, 1.165) is 16.8 Å². The van der Waals surface area contributed by atoms with Gasteiger partial charge in [-0.1, -0.05) is 35.9 Å². The van der Waals surface area contributed by atoms with Crippen molar-refractivity contribution in [2.24, 2.45) is 0 Å². The number of aryl methyl sites for hydroxylation is 1. The molecule has 2 heterocycles. The third kappa shape index (κ3) is 2.05. The number of anilines is 1. The zero-order valence-electron chi connectivity index (χ0n) is 13.0. The van der Waals surface area contributed by atoms with Gasteiger partial charge in [0, 0.05) is 24.2 Å². The molecule has 2 aliphatic rings. The molecular weight excluding hydrogens is 288 g/mol. The van der Waals surface area contributed by atoms with Crippen LogP contribution in [0.2, 0.25) is 0 Å². The van der Waals surface area contributed by atoms with Gasteiger partial charge in [-0.05, 0) is 37.1 Å². The Morgan fingerprint density at radius 3 is 2.57 bits per heavy atom. The summed E-state index contributed by atoms with van der Waals surface area (Å²) in [7, 11) is 0. The number of hydrogen-bond donors (Lipinski definition) is 1. The van der Waals surface area contributed by atoms with Gasteiger partial charge in [0.05, 0.1) is 0 Å². The maximum atomic E-state index is 12.8. The molecule has 1 spiro atoms. The highest BCUT2D eigenvalue weighted by molar-refractivity contribution is 6.07. The minimum Gasteiger partial charge on any atom is -0.324 e. The van der Waals surface area contributed by atoms with Crippen molar-refractivity contribution in [1.29, 1.82) is 0 Å². The molecule has 2 aromatic rings. The summed E-state index contributed by atoms with van der Waals surface area (Å²) in [6.07, 6.45) is 1.30. The van der Waals surface area contributed by atoms with Crippen molar-refractivity contribution in [3.63, 3.8) is 0 Å². The zero-order valence-corrected chi connectivity index (χ0v) is 13.0. The summed E-state index contributed by atoms with van der Waals surface area (Å²) in [6, 6.07) is 15.3. The Bertz CT molecular complexity index is 797. The molecule has 4 rings (SSSR count). The maximum Gasteiger partial charge on any atom is 0.254 e. The van der Waals surface area contributed by atoms with Crippen LogP contribution in [0.4, 0.5) is 5.69 Å². The Morgan fingerprint density at radius 2 is 1.87 bits per heavy atom. The summed E-state index contributed by atoms with van der Waals surface area (Å²) in [6.45, 7) is 2.62. The number of nitrogens with one attached hydrogen (secondary N) is 1. The molecule has 0 saturated carbocycles. The van der Waals surface area contributed by atoms with E-state index in [-0.39, 0.29) is 11.8 Å². The van der Waals surface area contributed by atoms with Gasteiger partial charge in [-0.25, -0.2) is 0 Å². The Balaban J connectivity index is 1.66. The lowest BCUT2D eigenvalue weighted by Gasteiger charge is -2.53. The fraction of sp³-hybridized carbons (Fsp3) is 0.263. The molecule has 116 valence electrons.